The van der Waals surface area contributed by atoms with E-state index in [9.17, 15) is 0 Å². The van der Waals surface area contributed by atoms with Crippen LogP contribution in [0.3, 0.4) is 0 Å². The Morgan fingerprint density at radius 2 is 1.89 bits per heavy atom. The molecule has 0 radical (unpaired) electrons. The highest BCUT2D eigenvalue weighted by atomic mass is 79.9. The van der Waals surface area contributed by atoms with Crippen molar-refractivity contribution in [2.75, 3.05) is 0 Å². The second-order valence-electron chi connectivity index (χ2n) is 4.57. The van der Waals surface area contributed by atoms with Gasteiger partial charge in [0.15, 0.2) is 0 Å². The zero-order chi connectivity index (χ0) is 14.0. The maximum absolute atomic E-state index is 6.25. The number of nitrogens with two attached hydrogens (primary N) is 1. The molecule has 0 amide bonds. The second-order valence-corrected chi connectivity index (χ2v) is 6.27. The SMILES string of the molecule is Cc1ccc(CC(N)c2ccc(Cl)cc2Br)c(Cl)c1. The van der Waals surface area contributed by atoms with E-state index in [0.717, 1.165) is 26.2 Å². The van der Waals surface area contributed by atoms with Gasteiger partial charge in [0.25, 0.3) is 0 Å². The molecule has 19 heavy (non-hydrogen) atoms. The van der Waals surface area contributed by atoms with Crippen LogP contribution in [0.1, 0.15) is 22.7 Å². The number of halogens is 3. The molecule has 1 atom stereocenters. The van der Waals surface area contributed by atoms with Crippen molar-refractivity contribution < 1.29 is 0 Å². The molecule has 0 saturated carbocycles. The van der Waals surface area contributed by atoms with Crippen LogP contribution in [0.15, 0.2) is 40.9 Å². The monoisotopic (exact) mass is 357 g/mol. The number of rotatable bonds is 3. The Kier molecular flexibility index (Phi) is 4.91. The minimum Gasteiger partial charge on any atom is -0.324 e. The second kappa shape index (κ2) is 6.27. The number of hydrogen-bond acceptors (Lipinski definition) is 1. The summed E-state index contributed by atoms with van der Waals surface area (Å²) in [7, 11) is 0. The van der Waals surface area contributed by atoms with Gasteiger partial charge in [0, 0.05) is 20.6 Å². The summed E-state index contributed by atoms with van der Waals surface area (Å²) in [6.07, 6.45) is 0.694. The van der Waals surface area contributed by atoms with Crippen molar-refractivity contribution in [3.63, 3.8) is 0 Å². The molecule has 0 saturated heterocycles. The van der Waals surface area contributed by atoms with Gasteiger partial charge >= 0.3 is 0 Å². The summed E-state index contributed by atoms with van der Waals surface area (Å²) < 4.78 is 0.927. The first kappa shape index (κ1) is 14.9. The summed E-state index contributed by atoms with van der Waals surface area (Å²) >= 11 is 15.7. The molecule has 0 fully saturated rings. The summed E-state index contributed by atoms with van der Waals surface area (Å²) in [6, 6.07) is 11.6. The molecule has 0 heterocycles. The molecule has 1 nitrogen and oxygen atoms in total. The fourth-order valence-corrected chi connectivity index (χ4v) is 3.26. The van der Waals surface area contributed by atoms with Crippen LogP contribution in [0.25, 0.3) is 0 Å². The third-order valence-corrected chi connectivity index (χ3v) is 4.28. The quantitative estimate of drug-likeness (QED) is 0.790. The van der Waals surface area contributed by atoms with Gasteiger partial charge in [0.2, 0.25) is 0 Å². The molecule has 4 heteroatoms. The van der Waals surface area contributed by atoms with Gasteiger partial charge in [-0.25, -0.2) is 0 Å². The van der Waals surface area contributed by atoms with E-state index in [0.29, 0.717) is 11.4 Å². The van der Waals surface area contributed by atoms with Crippen LogP contribution in [-0.2, 0) is 6.42 Å². The molecule has 1 unspecified atom stereocenters. The Bertz CT molecular complexity index is 599. The van der Waals surface area contributed by atoms with Crippen LogP contribution in [0.5, 0.6) is 0 Å². The van der Waals surface area contributed by atoms with E-state index in [4.69, 9.17) is 28.9 Å². The van der Waals surface area contributed by atoms with Crippen molar-refractivity contribution in [1.29, 1.82) is 0 Å². The summed E-state index contributed by atoms with van der Waals surface area (Å²) in [6.45, 7) is 2.02. The maximum Gasteiger partial charge on any atom is 0.0441 e. The van der Waals surface area contributed by atoms with Gasteiger partial charge < -0.3 is 5.73 Å². The van der Waals surface area contributed by atoms with Crippen LogP contribution < -0.4 is 5.73 Å². The molecule has 2 rings (SSSR count). The molecule has 0 spiro atoms. The van der Waals surface area contributed by atoms with Gasteiger partial charge in [-0.1, -0.05) is 57.3 Å². The van der Waals surface area contributed by atoms with Gasteiger partial charge in [0.1, 0.15) is 0 Å². The van der Waals surface area contributed by atoms with E-state index >= 15 is 0 Å². The van der Waals surface area contributed by atoms with Crippen LogP contribution in [0.2, 0.25) is 10.0 Å². The fraction of sp³-hybridized carbons (Fsp3) is 0.200. The third kappa shape index (κ3) is 3.73. The van der Waals surface area contributed by atoms with Gasteiger partial charge in [0.05, 0.1) is 0 Å². The van der Waals surface area contributed by atoms with Crippen molar-refractivity contribution in [3.8, 4) is 0 Å². The normalized spacial score (nSPS) is 12.5. The summed E-state index contributed by atoms with van der Waals surface area (Å²) in [4.78, 5) is 0. The van der Waals surface area contributed by atoms with Crippen molar-refractivity contribution in [3.05, 3.63) is 67.6 Å². The van der Waals surface area contributed by atoms with Crippen LogP contribution in [0.4, 0.5) is 0 Å². The number of aryl methyl sites for hydroxylation is 1. The highest BCUT2D eigenvalue weighted by Gasteiger charge is 2.13. The van der Waals surface area contributed by atoms with Gasteiger partial charge in [-0.3, -0.25) is 0 Å². The molecular weight excluding hydrogens is 345 g/mol. The first-order valence-electron chi connectivity index (χ1n) is 5.93. The Morgan fingerprint density at radius 3 is 2.53 bits per heavy atom. The average molecular weight is 359 g/mol. The standard InChI is InChI=1S/C15H14BrCl2N/c1-9-2-3-10(14(18)6-9)7-15(19)12-5-4-11(17)8-13(12)16/h2-6,8,15H,7,19H2,1H3. The Hall–Kier alpha value is -0.540. The van der Waals surface area contributed by atoms with E-state index in [1.165, 1.54) is 0 Å². The number of hydrogen-bond donors (Lipinski definition) is 1. The van der Waals surface area contributed by atoms with E-state index in [1.807, 2.05) is 43.3 Å². The zero-order valence-electron chi connectivity index (χ0n) is 10.5. The van der Waals surface area contributed by atoms with Crippen LogP contribution in [0, 0.1) is 6.92 Å². The van der Waals surface area contributed by atoms with Crippen molar-refractivity contribution in [1.82, 2.24) is 0 Å². The van der Waals surface area contributed by atoms with Crippen LogP contribution in [-0.4, -0.2) is 0 Å². The predicted molar refractivity (Wildman–Crippen MR) is 86.0 cm³/mol. The minimum absolute atomic E-state index is 0.119. The number of benzene rings is 2. The van der Waals surface area contributed by atoms with Gasteiger partial charge in [-0.05, 0) is 48.2 Å². The predicted octanol–water partition coefficient (Wildman–Crippen LogP) is 5.31. The molecule has 0 aliphatic rings. The molecule has 0 bridgehead atoms. The lowest BCUT2D eigenvalue weighted by Gasteiger charge is -2.15. The Labute approximate surface area is 131 Å². The highest BCUT2D eigenvalue weighted by molar-refractivity contribution is 9.10. The minimum atomic E-state index is -0.119. The largest absolute Gasteiger partial charge is 0.324 e. The summed E-state index contributed by atoms with van der Waals surface area (Å²) in [5, 5.41) is 1.46. The first-order valence-corrected chi connectivity index (χ1v) is 7.48. The lowest BCUT2D eigenvalue weighted by Crippen LogP contribution is -2.14. The van der Waals surface area contributed by atoms with Gasteiger partial charge in [-0.2, -0.15) is 0 Å². The van der Waals surface area contributed by atoms with E-state index in [-0.39, 0.29) is 6.04 Å². The van der Waals surface area contributed by atoms with Crippen LogP contribution >= 0.6 is 39.1 Å². The molecule has 2 N–H and O–H groups in total. The fourth-order valence-electron chi connectivity index (χ4n) is 1.97. The third-order valence-electron chi connectivity index (χ3n) is 3.01. The Morgan fingerprint density at radius 1 is 1.16 bits per heavy atom. The van der Waals surface area contributed by atoms with E-state index < -0.39 is 0 Å². The van der Waals surface area contributed by atoms with Crippen molar-refractivity contribution in [2.24, 2.45) is 5.73 Å². The Balaban J connectivity index is 2.23. The molecule has 2 aromatic rings. The van der Waals surface area contributed by atoms with Gasteiger partial charge in [-0.15, -0.1) is 0 Å². The lowest BCUT2D eigenvalue weighted by atomic mass is 9.99. The molecule has 0 aliphatic carbocycles. The lowest BCUT2D eigenvalue weighted by molar-refractivity contribution is 0.718. The van der Waals surface area contributed by atoms with Crippen molar-refractivity contribution >= 4 is 39.1 Å². The first-order chi connectivity index (χ1) is 8.97. The maximum atomic E-state index is 6.25. The molecule has 2 aromatic carbocycles. The topological polar surface area (TPSA) is 26.0 Å². The summed E-state index contributed by atoms with van der Waals surface area (Å²) in [5.74, 6) is 0. The van der Waals surface area contributed by atoms with E-state index in [2.05, 4.69) is 15.9 Å². The molecule has 0 aliphatic heterocycles. The molecular formula is C15H14BrCl2N. The highest BCUT2D eigenvalue weighted by Crippen LogP contribution is 2.29. The molecule has 0 aromatic heterocycles. The molecule has 100 valence electrons. The average Bonchev–Trinajstić information content (AvgIpc) is 2.32. The van der Waals surface area contributed by atoms with Crippen molar-refractivity contribution in [2.45, 2.75) is 19.4 Å². The van der Waals surface area contributed by atoms with E-state index in [1.54, 1.807) is 0 Å². The smallest absolute Gasteiger partial charge is 0.0441 e. The summed E-state index contributed by atoms with van der Waals surface area (Å²) in [5.41, 5.74) is 9.49. The zero-order valence-corrected chi connectivity index (χ0v) is 13.6.